The minimum Gasteiger partial charge on any atom is -0.355 e. The van der Waals surface area contributed by atoms with Crippen LogP contribution in [0.2, 0.25) is 0 Å². The Hall–Kier alpha value is -1.20. The second kappa shape index (κ2) is 9.06. The fraction of sp³-hybridized carbons (Fsp3) is 0.647. The third-order valence-electron chi connectivity index (χ3n) is 3.61. The van der Waals surface area contributed by atoms with E-state index in [1.54, 1.807) is 0 Å². The zero-order chi connectivity index (χ0) is 16.7. The molecule has 0 aromatic carbocycles. The van der Waals surface area contributed by atoms with Crippen molar-refractivity contribution in [3.8, 4) is 0 Å². The highest BCUT2D eigenvalue weighted by Gasteiger charge is 2.14. The van der Waals surface area contributed by atoms with E-state index in [1.807, 2.05) is 19.1 Å². The number of thiophene rings is 1. The molecule has 0 atom stereocenters. The van der Waals surface area contributed by atoms with Crippen molar-refractivity contribution in [1.29, 1.82) is 0 Å². The van der Waals surface area contributed by atoms with E-state index in [2.05, 4.69) is 37.9 Å². The van der Waals surface area contributed by atoms with E-state index in [4.69, 9.17) is 0 Å². The molecule has 0 aliphatic carbocycles. The molecule has 0 saturated carbocycles. The number of ketones is 1. The number of hydrogen-bond donors (Lipinski definition) is 1. The van der Waals surface area contributed by atoms with Gasteiger partial charge in [-0.2, -0.15) is 0 Å². The molecule has 1 rings (SSSR count). The summed E-state index contributed by atoms with van der Waals surface area (Å²) in [5, 5.41) is 2.91. The van der Waals surface area contributed by atoms with E-state index in [1.165, 1.54) is 11.3 Å². The van der Waals surface area contributed by atoms with Crippen molar-refractivity contribution in [2.75, 3.05) is 13.1 Å². The third kappa shape index (κ3) is 6.28. The van der Waals surface area contributed by atoms with Crippen molar-refractivity contribution in [2.45, 2.75) is 59.5 Å². The zero-order valence-electron chi connectivity index (χ0n) is 14.3. The van der Waals surface area contributed by atoms with Gasteiger partial charge in [-0.1, -0.05) is 0 Å². The van der Waals surface area contributed by atoms with E-state index in [0.717, 1.165) is 16.3 Å². The number of nitrogens with zero attached hydrogens (tertiary/aromatic N) is 1. The Morgan fingerprint density at radius 2 is 1.77 bits per heavy atom. The fourth-order valence-electron chi connectivity index (χ4n) is 2.46. The topological polar surface area (TPSA) is 49.4 Å². The van der Waals surface area contributed by atoms with Gasteiger partial charge in [0.05, 0.1) is 4.88 Å². The van der Waals surface area contributed by atoms with Crippen LogP contribution in [-0.2, 0) is 4.79 Å². The van der Waals surface area contributed by atoms with Gasteiger partial charge in [-0.15, -0.1) is 11.3 Å². The first-order chi connectivity index (χ1) is 10.3. The van der Waals surface area contributed by atoms with E-state index in [0.29, 0.717) is 18.6 Å². The highest BCUT2D eigenvalue weighted by molar-refractivity contribution is 7.14. The van der Waals surface area contributed by atoms with Gasteiger partial charge in [0.15, 0.2) is 5.78 Å². The van der Waals surface area contributed by atoms with Gasteiger partial charge < -0.3 is 5.32 Å². The van der Waals surface area contributed by atoms with Gasteiger partial charge in [0, 0.05) is 42.9 Å². The highest BCUT2D eigenvalue weighted by Crippen LogP contribution is 2.17. The van der Waals surface area contributed by atoms with Gasteiger partial charge in [0.2, 0.25) is 5.91 Å². The lowest BCUT2D eigenvalue weighted by Crippen LogP contribution is -2.42. The summed E-state index contributed by atoms with van der Waals surface area (Å²) in [6.45, 7) is 12.1. The van der Waals surface area contributed by atoms with Crippen LogP contribution < -0.4 is 5.32 Å². The molecule has 0 aliphatic rings. The van der Waals surface area contributed by atoms with E-state index < -0.39 is 0 Å². The molecule has 1 amide bonds. The van der Waals surface area contributed by atoms with Crippen molar-refractivity contribution in [3.05, 3.63) is 21.9 Å². The Bertz CT molecular complexity index is 487. The molecule has 124 valence electrons. The number of carbonyl (C=O) groups excluding carboxylic acids is 2. The maximum Gasteiger partial charge on any atom is 0.220 e. The number of hydrogen-bond acceptors (Lipinski definition) is 4. The van der Waals surface area contributed by atoms with Crippen LogP contribution in [0.3, 0.4) is 0 Å². The zero-order valence-corrected chi connectivity index (χ0v) is 15.1. The maximum absolute atomic E-state index is 11.9. The average molecular weight is 324 g/mol. The first-order valence-corrected chi connectivity index (χ1v) is 8.75. The monoisotopic (exact) mass is 324 g/mol. The molecule has 1 aromatic rings. The molecule has 1 aromatic heterocycles. The molecule has 1 heterocycles. The molecule has 0 aliphatic heterocycles. The molecule has 0 saturated heterocycles. The molecule has 4 nitrogen and oxygen atoms in total. The fourth-order valence-corrected chi connectivity index (χ4v) is 3.30. The molecule has 5 heteroatoms. The van der Waals surface area contributed by atoms with Gasteiger partial charge in [-0.05, 0) is 46.8 Å². The normalized spacial score (nSPS) is 11.5. The van der Waals surface area contributed by atoms with Crippen LogP contribution in [0.1, 0.15) is 55.1 Å². The van der Waals surface area contributed by atoms with E-state index in [9.17, 15) is 9.59 Å². The van der Waals surface area contributed by atoms with Gasteiger partial charge in [0.1, 0.15) is 0 Å². The molecule has 0 bridgehead atoms. The highest BCUT2D eigenvalue weighted by atomic mass is 32.1. The van der Waals surface area contributed by atoms with Gasteiger partial charge in [0.25, 0.3) is 0 Å². The predicted octanol–water partition coefficient (Wildman–Crippen LogP) is 3.25. The summed E-state index contributed by atoms with van der Waals surface area (Å²) in [5.74, 6) is 0.00771. The van der Waals surface area contributed by atoms with E-state index in [-0.39, 0.29) is 24.5 Å². The largest absolute Gasteiger partial charge is 0.355 e. The van der Waals surface area contributed by atoms with Crippen LogP contribution >= 0.6 is 11.3 Å². The van der Waals surface area contributed by atoms with E-state index >= 15 is 0 Å². The molecule has 1 N–H and O–H groups in total. The van der Waals surface area contributed by atoms with Crippen molar-refractivity contribution in [2.24, 2.45) is 0 Å². The average Bonchev–Trinajstić information content (AvgIpc) is 2.86. The Balaban J connectivity index is 2.27. The smallest absolute Gasteiger partial charge is 0.220 e. The van der Waals surface area contributed by atoms with Crippen LogP contribution in [0.15, 0.2) is 12.1 Å². The number of aryl methyl sites for hydroxylation is 1. The van der Waals surface area contributed by atoms with Crippen molar-refractivity contribution in [1.82, 2.24) is 10.2 Å². The molecule has 22 heavy (non-hydrogen) atoms. The third-order valence-corrected chi connectivity index (χ3v) is 4.65. The number of nitrogens with one attached hydrogen (secondary N) is 1. The summed E-state index contributed by atoms with van der Waals surface area (Å²) in [6.07, 6.45) is 0.545. The lowest BCUT2D eigenvalue weighted by molar-refractivity contribution is -0.121. The first kappa shape index (κ1) is 18.8. The van der Waals surface area contributed by atoms with Gasteiger partial charge >= 0.3 is 0 Å². The van der Waals surface area contributed by atoms with Crippen LogP contribution in [0, 0.1) is 6.92 Å². The maximum atomic E-state index is 11.9. The summed E-state index contributed by atoms with van der Waals surface area (Å²) >= 11 is 1.49. The van der Waals surface area contributed by atoms with Crippen LogP contribution in [0.5, 0.6) is 0 Å². The Morgan fingerprint density at radius 3 is 2.27 bits per heavy atom. The standard InChI is InChI=1S/C17H28N2O2S/c1-12(2)19(13(3)4)11-10-18-17(21)9-7-15(20)16-8-6-14(5)22-16/h6,8,12-13H,7,9-11H2,1-5H3,(H,18,21). The lowest BCUT2D eigenvalue weighted by atomic mass is 10.2. The second-order valence-corrected chi connectivity index (χ2v) is 7.40. The second-order valence-electron chi connectivity index (χ2n) is 6.11. The molecular formula is C17H28N2O2S. The lowest BCUT2D eigenvalue weighted by Gasteiger charge is -2.30. The van der Waals surface area contributed by atoms with Gasteiger partial charge in [-0.3, -0.25) is 14.5 Å². The minimum atomic E-state index is -0.0471. The quantitative estimate of drug-likeness (QED) is 0.709. The summed E-state index contributed by atoms with van der Waals surface area (Å²) in [4.78, 5) is 28.0. The Morgan fingerprint density at radius 1 is 1.14 bits per heavy atom. The van der Waals surface area contributed by atoms with Crippen molar-refractivity contribution >= 4 is 23.0 Å². The molecule has 0 spiro atoms. The van der Waals surface area contributed by atoms with Crippen molar-refractivity contribution < 1.29 is 9.59 Å². The molecule has 0 unspecified atom stereocenters. The summed E-state index contributed by atoms with van der Waals surface area (Å²) in [6, 6.07) is 4.69. The molecular weight excluding hydrogens is 296 g/mol. The van der Waals surface area contributed by atoms with Crippen LogP contribution in [0.4, 0.5) is 0 Å². The minimum absolute atomic E-state index is 0.0471. The van der Waals surface area contributed by atoms with Crippen LogP contribution in [-0.4, -0.2) is 41.8 Å². The SMILES string of the molecule is Cc1ccc(C(=O)CCC(=O)NCCN(C(C)C)C(C)C)s1. The Labute approximate surface area is 137 Å². The van der Waals surface area contributed by atoms with Crippen molar-refractivity contribution in [3.63, 3.8) is 0 Å². The summed E-state index contributed by atoms with van der Waals surface area (Å²) < 4.78 is 0. The number of carbonyl (C=O) groups is 2. The number of Topliss-reactive ketones (excluding diaryl/α,β-unsaturated/α-hetero) is 1. The predicted molar refractivity (Wildman–Crippen MR) is 92.6 cm³/mol. The summed E-state index contributed by atoms with van der Waals surface area (Å²) in [5.41, 5.74) is 0. The number of amides is 1. The Kier molecular flexibility index (Phi) is 7.76. The summed E-state index contributed by atoms with van der Waals surface area (Å²) in [7, 11) is 0. The van der Waals surface area contributed by atoms with Crippen LogP contribution in [0.25, 0.3) is 0 Å². The number of rotatable bonds is 9. The molecule has 0 radical (unpaired) electrons. The van der Waals surface area contributed by atoms with Gasteiger partial charge in [-0.25, -0.2) is 0 Å². The molecule has 0 fully saturated rings. The first-order valence-electron chi connectivity index (χ1n) is 7.93.